The van der Waals surface area contributed by atoms with Crippen LogP contribution in [-0.4, -0.2) is 39.0 Å². The van der Waals surface area contributed by atoms with Gasteiger partial charge in [0.05, 0.1) is 11.9 Å². The van der Waals surface area contributed by atoms with Gasteiger partial charge in [0.2, 0.25) is 0 Å². The van der Waals surface area contributed by atoms with Crippen LogP contribution >= 0.6 is 0 Å². The van der Waals surface area contributed by atoms with Crippen LogP contribution in [0, 0.1) is 5.41 Å². The second-order valence-corrected chi connectivity index (χ2v) is 5.44. The van der Waals surface area contributed by atoms with Crippen LogP contribution in [-0.2, 0) is 13.6 Å². The van der Waals surface area contributed by atoms with Crippen LogP contribution in [0.5, 0.6) is 0 Å². The van der Waals surface area contributed by atoms with Gasteiger partial charge in [-0.15, -0.1) is 5.10 Å². The molecule has 1 aromatic heterocycles. The molecule has 0 saturated carbocycles. The summed E-state index contributed by atoms with van der Waals surface area (Å²) in [5.41, 5.74) is 7.48. The smallest absolute Gasteiger partial charge is 0.0738 e. The van der Waals surface area contributed by atoms with Crippen molar-refractivity contribution >= 4 is 0 Å². The molecule has 0 aliphatic carbocycles. The van der Waals surface area contributed by atoms with Crippen LogP contribution in [0.25, 0.3) is 0 Å². The summed E-state index contributed by atoms with van der Waals surface area (Å²) in [4.78, 5) is 2.43. The van der Waals surface area contributed by atoms with Crippen LogP contribution in [0.3, 0.4) is 0 Å². The Kier molecular flexibility index (Phi) is 2.99. The Bertz CT molecular complexity index is 357. The number of likely N-dealkylation sites (tertiary alicyclic amines) is 1. The molecular formula is C11H21N5. The minimum Gasteiger partial charge on any atom is -0.327 e. The third-order valence-corrected chi connectivity index (χ3v) is 3.59. The highest BCUT2D eigenvalue weighted by Crippen LogP contribution is 2.28. The Morgan fingerprint density at radius 1 is 1.56 bits per heavy atom. The van der Waals surface area contributed by atoms with Crippen molar-refractivity contribution in [1.29, 1.82) is 0 Å². The number of aryl methyl sites for hydroxylation is 1. The first-order valence-electron chi connectivity index (χ1n) is 5.80. The van der Waals surface area contributed by atoms with E-state index in [1.165, 1.54) is 0 Å². The van der Waals surface area contributed by atoms with E-state index in [1.807, 2.05) is 17.9 Å². The lowest BCUT2D eigenvalue weighted by Gasteiger charge is -2.42. The van der Waals surface area contributed by atoms with Gasteiger partial charge in [0.15, 0.2) is 0 Å². The Balaban J connectivity index is 2.00. The average molecular weight is 223 g/mol. The maximum atomic E-state index is 6.12. The largest absolute Gasteiger partial charge is 0.327 e. The van der Waals surface area contributed by atoms with Gasteiger partial charge >= 0.3 is 0 Å². The fourth-order valence-corrected chi connectivity index (χ4v) is 2.30. The maximum Gasteiger partial charge on any atom is 0.0738 e. The van der Waals surface area contributed by atoms with Gasteiger partial charge in [0.25, 0.3) is 0 Å². The second-order valence-electron chi connectivity index (χ2n) is 5.44. The third kappa shape index (κ3) is 2.25. The van der Waals surface area contributed by atoms with Gasteiger partial charge < -0.3 is 5.73 Å². The molecule has 0 spiro atoms. The average Bonchev–Trinajstić information content (AvgIpc) is 2.58. The van der Waals surface area contributed by atoms with Crippen molar-refractivity contribution in [3.63, 3.8) is 0 Å². The molecule has 16 heavy (non-hydrogen) atoms. The van der Waals surface area contributed by atoms with E-state index in [0.717, 1.165) is 31.7 Å². The first-order chi connectivity index (χ1) is 7.49. The van der Waals surface area contributed by atoms with Gasteiger partial charge in [-0.1, -0.05) is 19.1 Å². The number of nitrogens with zero attached hydrogens (tertiary/aromatic N) is 4. The molecule has 0 radical (unpaired) electrons. The molecule has 0 amide bonds. The molecule has 0 bridgehead atoms. The molecule has 0 aromatic carbocycles. The number of nitrogens with two attached hydrogens (primary N) is 1. The Morgan fingerprint density at radius 2 is 2.31 bits per heavy atom. The molecular weight excluding hydrogens is 202 g/mol. The van der Waals surface area contributed by atoms with Crippen molar-refractivity contribution < 1.29 is 0 Å². The fraction of sp³-hybridized carbons (Fsp3) is 0.818. The fourth-order valence-electron chi connectivity index (χ4n) is 2.30. The quantitative estimate of drug-likeness (QED) is 0.787. The molecule has 90 valence electrons. The third-order valence-electron chi connectivity index (χ3n) is 3.59. The van der Waals surface area contributed by atoms with Crippen LogP contribution in [0.15, 0.2) is 6.20 Å². The van der Waals surface area contributed by atoms with E-state index in [0.29, 0.717) is 6.04 Å². The molecule has 1 aliphatic heterocycles. The van der Waals surface area contributed by atoms with Crippen molar-refractivity contribution in [1.82, 2.24) is 19.9 Å². The van der Waals surface area contributed by atoms with Gasteiger partial charge in [-0.2, -0.15) is 0 Å². The van der Waals surface area contributed by atoms with Crippen molar-refractivity contribution in [3.8, 4) is 0 Å². The minimum absolute atomic E-state index is 0.199. The standard InChI is InChI=1S/C11H21N5/c1-11(2)8-16(5-4-10(11)12)7-9-6-13-14-15(9)3/h6,10H,4-5,7-8,12H2,1-3H3. The normalized spacial score (nSPS) is 25.9. The van der Waals surface area contributed by atoms with E-state index in [9.17, 15) is 0 Å². The monoisotopic (exact) mass is 223 g/mol. The summed E-state index contributed by atoms with van der Waals surface area (Å²) in [6.45, 7) is 7.51. The van der Waals surface area contributed by atoms with Crippen molar-refractivity contribution in [2.24, 2.45) is 18.2 Å². The molecule has 2 rings (SSSR count). The lowest BCUT2D eigenvalue weighted by Crippen LogP contribution is -2.52. The number of aromatic nitrogens is 3. The number of hydrogen-bond donors (Lipinski definition) is 1. The summed E-state index contributed by atoms with van der Waals surface area (Å²) >= 11 is 0. The van der Waals surface area contributed by atoms with Crippen LogP contribution in [0.4, 0.5) is 0 Å². The summed E-state index contributed by atoms with van der Waals surface area (Å²) in [5.74, 6) is 0. The van der Waals surface area contributed by atoms with Crippen molar-refractivity contribution in [2.75, 3.05) is 13.1 Å². The molecule has 2 heterocycles. The SMILES string of the molecule is Cn1nncc1CN1CCC(N)C(C)(C)C1. The van der Waals surface area contributed by atoms with Crippen LogP contribution < -0.4 is 5.73 Å². The zero-order valence-electron chi connectivity index (χ0n) is 10.3. The molecule has 5 heteroatoms. The van der Waals surface area contributed by atoms with Crippen molar-refractivity contribution in [3.05, 3.63) is 11.9 Å². The van der Waals surface area contributed by atoms with E-state index in [-0.39, 0.29) is 5.41 Å². The van der Waals surface area contributed by atoms with Gasteiger partial charge in [0, 0.05) is 32.7 Å². The first-order valence-corrected chi connectivity index (χ1v) is 5.80. The first kappa shape index (κ1) is 11.5. The summed E-state index contributed by atoms with van der Waals surface area (Å²) in [7, 11) is 1.93. The molecule has 2 N–H and O–H groups in total. The minimum atomic E-state index is 0.199. The highest BCUT2D eigenvalue weighted by Gasteiger charge is 2.33. The summed E-state index contributed by atoms with van der Waals surface area (Å²) in [6.07, 6.45) is 2.90. The molecule has 1 saturated heterocycles. The van der Waals surface area contributed by atoms with E-state index in [1.54, 1.807) is 0 Å². The summed E-state index contributed by atoms with van der Waals surface area (Å²) in [5, 5.41) is 7.85. The van der Waals surface area contributed by atoms with E-state index in [2.05, 4.69) is 29.1 Å². The molecule has 1 fully saturated rings. The topological polar surface area (TPSA) is 60.0 Å². The zero-order valence-corrected chi connectivity index (χ0v) is 10.3. The van der Waals surface area contributed by atoms with E-state index < -0.39 is 0 Å². The van der Waals surface area contributed by atoms with Crippen LogP contribution in [0.2, 0.25) is 0 Å². The number of rotatable bonds is 2. The van der Waals surface area contributed by atoms with Gasteiger partial charge in [-0.05, 0) is 11.8 Å². The Labute approximate surface area is 96.6 Å². The summed E-state index contributed by atoms with van der Waals surface area (Å²) < 4.78 is 1.83. The predicted octanol–water partition coefficient (Wildman–Crippen LogP) is 0.374. The zero-order chi connectivity index (χ0) is 11.8. The lowest BCUT2D eigenvalue weighted by atomic mass is 9.80. The Hall–Kier alpha value is -0.940. The number of piperidine rings is 1. The molecule has 5 nitrogen and oxygen atoms in total. The lowest BCUT2D eigenvalue weighted by molar-refractivity contribution is 0.0880. The molecule has 1 unspecified atom stereocenters. The van der Waals surface area contributed by atoms with Gasteiger partial charge in [0.1, 0.15) is 0 Å². The summed E-state index contributed by atoms with van der Waals surface area (Å²) in [6, 6.07) is 0.313. The Morgan fingerprint density at radius 3 is 2.88 bits per heavy atom. The second kappa shape index (κ2) is 4.14. The number of hydrogen-bond acceptors (Lipinski definition) is 4. The van der Waals surface area contributed by atoms with E-state index in [4.69, 9.17) is 5.73 Å². The van der Waals surface area contributed by atoms with Gasteiger partial charge in [-0.3, -0.25) is 9.58 Å². The van der Waals surface area contributed by atoms with Crippen LogP contribution in [0.1, 0.15) is 26.0 Å². The predicted molar refractivity (Wildman–Crippen MR) is 62.7 cm³/mol. The highest BCUT2D eigenvalue weighted by atomic mass is 15.4. The van der Waals surface area contributed by atoms with E-state index >= 15 is 0 Å². The van der Waals surface area contributed by atoms with Gasteiger partial charge in [-0.25, -0.2) is 0 Å². The maximum absolute atomic E-state index is 6.12. The highest BCUT2D eigenvalue weighted by molar-refractivity contribution is 4.96. The molecule has 1 aromatic rings. The molecule has 1 aliphatic rings. The van der Waals surface area contributed by atoms with Crippen molar-refractivity contribution in [2.45, 2.75) is 32.9 Å². The molecule has 1 atom stereocenters.